The van der Waals surface area contributed by atoms with Gasteiger partial charge in [0, 0.05) is 24.7 Å². The second-order valence-electron chi connectivity index (χ2n) is 7.73. The molecule has 0 amide bonds. The van der Waals surface area contributed by atoms with E-state index in [1.54, 1.807) is 0 Å². The minimum absolute atomic E-state index is 0.812. The largest absolute Gasteiger partial charge is 0.314 e. The lowest BCUT2D eigenvalue weighted by molar-refractivity contribution is 0.0737. The Hall–Kier alpha value is -0.0800. The van der Waals surface area contributed by atoms with Crippen LogP contribution in [-0.4, -0.2) is 36.1 Å². The molecule has 1 N–H and O–H groups in total. The molecule has 3 aliphatic rings. The van der Waals surface area contributed by atoms with Crippen molar-refractivity contribution in [3.8, 4) is 0 Å². The van der Waals surface area contributed by atoms with Gasteiger partial charge in [-0.1, -0.05) is 33.1 Å². The van der Waals surface area contributed by atoms with Crippen molar-refractivity contribution in [1.29, 1.82) is 0 Å². The fourth-order valence-electron chi connectivity index (χ4n) is 5.02. The number of nitrogens with one attached hydrogen (secondary N) is 1. The summed E-state index contributed by atoms with van der Waals surface area (Å²) in [6, 6.07) is 2.61. The second kappa shape index (κ2) is 6.79. The third-order valence-electron chi connectivity index (χ3n) is 6.30. The summed E-state index contributed by atoms with van der Waals surface area (Å²) in [6.45, 7) is 7.41. The van der Waals surface area contributed by atoms with Crippen LogP contribution >= 0.6 is 0 Å². The molecule has 0 spiro atoms. The highest BCUT2D eigenvalue weighted by Crippen LogP contribution is 2.39. The topological polar surface area (TPSA) is 15.3 Å². The Labute approximate surface area is 125 Å². The lowest BCUT2D eigenvalue weighted by atomic mass is 9.79. The summed E-state index contributed by atoms with van der Waals surface area (Å²) in [6.07, 6.45) is 13.0. The van der Waals surface area contributed by atoms with Gasteiger partial charge in [0.25, 0.3) is 0 Å². The first-order chi connectivity index (χ1) is 9.78. The summed E-state index contributed by atoms with van der Waals surface area (Å²) in [4.78, 5) is 2.93. The van der Waals surface area contributed by atoms with Gasteiger partial charge in [-0.2, -0.15) is 0 Å². The van der Waals surface area contributed by atoms with E-state index in [0.29, 0.717) is 0 Å². The molecule has 2 heterocycles. The van der Waals surface area contributed by atoms with Gasteiger partial charge in [0.15, 0.2) is 0 Å². The molecule has 2 saturated heterocycles. The first kappa shape index (κ1) is 14.8. The monoisotopic (exact) mass is 278 g/mol. The molecule has 3 rings (SSSR count). The van der Waals surface area contributed by atoms with E-state index < -0.39 is 0 Å². The van der Waals surface area contributed by atoms with Crippen molar-refractivity contribution in [2.75, 3.05) is 13.1 Å². The van der Waals surface area contributed by atoms with Crippen molar-refractivity contribution in [2.45, 2.75) is 89.8 Å². The number of hydrogen-bond donors (Lipinski definition) is 1. The predicted octanol–water partition coefficient (Wildman–Crippen LogP) is 3.81. The van der Waals surface area contributed by atoms with Gasteiger partial charge in [-0.25, -0.2) is 0 Å². The molecule has 0 radical (unpaired) electrons. The SMILES string of the molecule is CCCNC1CC2CCC(C1)N2CC1CCCCC1C. The molecule has 4 unspecified atom stereocenters. The highest BCUT2D eigenvalue weighted by molar-refractivity contribution is 4.98. The molecular weight excluding hydrogens is 244 g/mol. The van der Waals surface area contributed by atoms with Crippen LogP contribution in [0.3, 0.4) is 0 Å². The molecule has 3 fully saturated rings. The summed E-state index contributed by atoms with van der Waals surface area (Å²) in [5.41, 5.74) is 0. The number of rotatable bonds is 5. The Morgan fingerprint density at radius 3 is 2.35 bits per heavy atom. The third-order valence-corrected chi connectivity index (χ3v) is 6.30. The Morgan fingerprint density at radius 1 is 1.00 bits per heavy atom. The lowest BCUT2D eigenvalue weighted by Crippen LogP contribution is -2.51. The fourth-order valence-corrected chi connectivity index (χ4v) is 5.02. The van der Waals surface area contributed by atoms with E-state index in [2.05, 4.69) is 24.1 Å². The maximum absolute atomic E-state index is 3.78. The zero-order valence-corrected chi connectivity index (χ0v) is 13.6. The maximum Gasteiger partial charge on any atom is 0.0114 e. The van der Waals surface area contributed by atoms with Crippen LogP contribution in [0.1, 0.15) is 71.6 Å². The quantitative estimate of drug-likeness (QED) is 0.822. The van der Waals surface area contributed by atoms with Crippen molar-refractivity contribution in [1.82, 2.24) is 10.2 Å². The Bertz CT molecular complexity index is 290. The average Bonchev–Trinajstić information content (AvgIpc) is 2.70. The number of nitrogens with zero attached hydrogens (tertiary/aromatic N) is 1. The minimum atomic E-state index is 0.812. The molecule has 0 aromatic rings. The van der Waals surface area contributed by atoms with E-state index >= 15 is 0 Å². The molecule has 20 heavy (non-hydrogen) atoms. The summed E-state index contributed by atoms with van der Waals surface area (Å²) < 4.78 is 0. The van der Waals surface area contributed by atoms with Crippen molar-refractivity contribution >= 4 is 0 Å². The fraction of sp³-hybridized carbons (Fsp3) is 1.00. The van der Waals surface area contributed by atoms with E-state index in [1.165, 1.54) is 70.9 Å². The Kier molecular flexibility index (Phi) is 5.04. The second-order valence-corrected chi connectivity index (χ2v) is 7.73. The zero-order valence-electron chi connectivity index (χ0n) is 13.6. The smallest absolute Gasteiger partial charge is 0.0114 e. The highest BCUT2D eigenvalue weighted by atomic mass is 15.2. The first-order valence-electron chi connectivity index (χ1n) is 9.27. The van der Waals surface area contributed by atoms with Crippen LogP contribution in [0, 0.1) is 11.8 Å². The summed E-state index contributed by atoms with van der Waals surface area (Å²) in [7, 11) is 0. The van der Waals surface area contributed by atoms with E-state index in [1.807, 2.05) is 0 Å². The normalized spacial score (nSPS) is 42.0. The molecule has 116 valence electrons. The lowest BCUT2D eigenvalue weighted by Gasteiger charge is -2.43. The molecule has 0 aromatic heterocycles. The standard InChI is InChI=1S/C18H34N2/c1-3-10-19-16-11-17-8-9-18(12-16)20(17)13-15-7-5-4-6-14(15)2/h14-19H,3-13H2,1-2H3. The van der Waals surface area contributed by atoms with E-state index in [0.717, 1.165) is 30.0 Å². The van der Waals surface area contributed by atoms with E-state index in [-0.39, 0.29) is 0 Å². The van der Waals surface area contributed by atoms with Gasteiger partial charge in [-0.15, -0.1) is 0 Å². The molecule has 1 aliphatic carbocycles. The highest BCUT2D eigenvalue weighted by Gasteiger charge is 2.41. The van der Waals surface area contributed by atoms with Crippen LogP contribution in [0.2, 0.25) is 0 Å². The minimum Gasteiger partial charge on any atom is -0.314 e. The predicted molar refractivity (Wildman–Crippen MR) is 86.0 cm³/mol. The molecule has 4 atom stereocenters. The molecule has 1 saturated carbocycles. The molecule has 2 bridgehead atoms. The Balaban J connectivity index is 1.54. The van der Waals surface area contributed by atoms with Crippen LogP contribution in [0.15, 0.2) is 0 Å². The number of fused-ring (bicyclic) bond motifs is 2. The molecule has 2 heteroatoms. The van der Waals surface area contributed by atoms with Crippen LogP contribution < -0.4 is 5.32 Å². The van der Waals surface area contributed by atoms with Crippen molar-refractivity contribution in [3.63, 3.8) is 0 Å². The molecule has 2 nitrogen and oxygen atoms in total. The van der Waals surface area contributed by atoms with Gasteiger partial charge in [-0.05, 0) is 56.9 Å². The van der Waals surface area contributed by atoms with Crippen molar-refractivity contribution in [3.05, 3.63) is 0 Å². The van der Waals surface area contributed by atoms with Crippen LogP contribution in [0.4, 0.5) is 0 Å². The van der Waals surface area contributed by atoms with Gasteiger partial charge in [0.05, 0.1) is 0 Å². The number of hydrogen-bond acceptors (Lipinski definition) is 2. The molecular formula is C18H34N2. The van der Waals surface area contributed by atoms with E-state index in [4.69, 9.17) is 0 Å². The van der Waals surface area contributed by atoms with Gasteiger partial charge >= 0.3 is 0 Å². The number of piperidine rings is 1. The molecule has 0 aromatic carbocycles. The zero-order chi connectivity index (χ0) is 13.9. The average molecular weight is 278 g/mol. The Morgan fingerprint density at radius 2 is 1.70 bits per heavy atom. The van der Waals surface area contributed by atoms with E-state index in [9.17, 15) is 0 Å². The van der Waals surface area contributed by atoms with Gasteiger partial charge in [0.1, 0.15) is 0 Å². The van der Waals surface area contributed by atoms with Gasteiger partial charge < -0.3 is 5.32 Å². The van der Waals surface area contributed by atoms with Gasteiger partial charge in [0.2, 0.25) is 0 Å². The first-order valence-corrected chi connectivity index (χ1v) is 9.27. The van der Waals surface area contributed by atoms with Crippen LogP contribution in [0.25, 0.3) is 0 Å². The van der Waals surface area contributed by atoms with Gasteiger partial charge in [-0.3, -0.25) is 4.90 Å². The summed E-state index contributed by atoms with van der Waals surface area (Å²) in [5, 5.41) is 3.78. The summed E-state index contributed by atoms with van der Waals surface area (Å²) in [5.74, 6) is 1.96. The van der Waals surface area contributed by atoms with Crippen molar-refractivity contribution in [2.24, 2.45) is 11.8 Å². The van der Waals surface area contributed by atoms with Crippen LogP contribution in [-0.2, 0) is 0 Å². The summed E-state index contributed by atoms with van der Waals surface area (Å²) >= 11 is 0. The maximum atomic E-state index is 3.78. The van der Waals surface area contributed by atoms with Crippen LogP contribution in [0.5, 0.6) is 0 Å². The third kappa shape index (κ3) is 3.22. The van der Waals surface area contributed by atoms with Crippen molar-refractivity contribution < 1.29 is 0 Å². The molecule has 2 aliphatic heterocycles.